The summed E-state index contributed by atoms with van der Waals surface area (Å²) in [4.78, 5) is 4.57. The zero-order valence-corrected chi connectivity index (χ0v) is 19.2. The maximum Gasteiger partial charge on any atom is 0.330 e. The van der Waals surface area contributed by atoms with Crippen molar-refractivity contribution >= 4 is 34.9 Å². The van der Waals surface area contributed by atoms with Crippen LogP contribution in [0.15, 0.2) is 30.1 Å². The Hall–Kier alpha value is -0.485. The number of thiophene rings is 1. The van der Waals surface area contributed by atoms with Gasteiger partial charge < -0.3 is 9.76 Å². The zero-order chi connectivity index (χ0) is 20.2. The summed E-state index contributed by atoms with van der Waals surface area (Å²) in [6, 6.07) is 4.38. The van der Waals surface area contributed by atoms with Crippen LogP contribution in [0.4, 0.5) is 0 Å². The van der Waals surface area contributed by atoms with E-state index in [0.29, 0.717) is 0 Å². The third-order valence-electron chi connectivity index (χ3n) is 3.80. The summed E-state index contributed by atoms with van der Waals surface area (Å²) >= 11 is 3.40. The normalized spacial score (nSPS) is 10.9. The lowest BCUT2D eigenvalue weighted by atomic mass is 9.70. The minimum Gasteiger partial charge on any atom is -0.423 e. The van der Waals surface area contributed by atoms with Gasteiger partial charge in [0.15, 0.2) is 0 Å². The number of thioether (sulfide) groups is 1. The molecular formula is C21H37BO2S2. The minimum absolute atomic E-state index is 0.0114. The van der Waals surface area contributed by atoms with E-state index in [9.17, 15) is 5.11 Å². The number of rotatable bonds is 12. The highest BCUT2D eigenvalue weighted by Gasteiger charge is 2.25. The third-order valence-corrected chi connectivity index (χ3v) is 6.19. The maximum atomic E-state index is 9.31. The first-order valence-corrected chi connectivity index (χ1v) is 11.4. The quantitative estimate of drug-likeness (QED) is 0.303. The second kappa shape index (κ2) is 13.6. The minimum atomic E-state index is -0.557. The molecule has 0 unspecified atom stereocenters. The molecular weight excluding hydrogens is 359 g/mol. The number of aliphatic hydroxyl groups excluding tert-OH is 1. The smallest absolute Gasteiger partial charge is 0.330 e. The summed E-state index contributed by atoms with van der Waals surface area (Å²) < 4.78 is 5.86. The topological polar surface area (TPSA) is 29.5 Å². The Morgan fingerprint density at radius 3 is 2.46 bits per heavy atom. The van der Waals surface area contributed by atoms with E-state index >= 15 is 0 Å². The lowest BCUT2D eigenvalue weighted by Gasteiger charge is -2.27. The average molecular weight is 396 g/mol. The molecule has 0 bridgehead atoms. The van der Waals surface area contributed by atoms with Crippen molar-refractivity contribution in [3.05, 3.63) is 39.8 Å². The van der Waals surface area contributed by atoms with Gasteiger partial charge in [-0.2, -0.15) is 0 Å². The van der Waals surface area contributed by atoms with Crippen LogP contribution in [0.5, 0.6) is 0 Å². The molecule has 0 aliphatic carbocycles. The maximum absolute atomic E-state index is 9.31. The summed E-state index contributed by atoms with van der Waals surface area (Å²) in [5.74, 6) is 0. The van der Waals surface area contributed by atoms with E-state index < -0.39 is 5.60 Å². The molecule has 0 aliphatic heterocycles. The summed E-state index contributed by atoms with van der Waals surface area (Å²) in [7, 11) is 0. The van der Waals surface area contributed by atoms with E-state index in [2.05, 4.69) is 32.2 Å². The van der Waals surface area contributed by atoms with Gasteiger partial charge in [0, 0.05) is 14.7 Å². The predicted molar refractivity (Wildman–Crippen MR) is 123 cm³/mol. The van der Waals surface area contributed by atoms with Gasteiger partial charge in [0.25, 0.3) is 0 Å². The molecule has 1 heterocycles. The van der Waals surface area contributed by atoms with Crippen molar-refractivity contribution in [2.24, 2.45) is 0 Å². The van der Waals surface area contributed by atoms with Gasteiger partial charge >= 0.3 is 6.92 Å². The molecule has 0 amide bonds. The van der Waals surface area contributed by atoms with Crippen molar-refractivity contribution < 1.29 is 9.76 Å². The van der Waals surface area contributed by atoms with Gasteiger partial charge in [-0.15, -0.1) is 23.1 Å². The van der Waals surface area contributed by atoms with E-state index in [0.717, 1.165) is 16.1 Å². The van der Waals surface area contributed by atoms with Crippen molar-refractivity contribution in [2.75, 3.05) is 6.61 Å². The molecule has 0 aliphatic rings. The Morgan fingerprint density at radius 1 is 1.23 bits per heavy atom. The van der Waals surface area contributed by atoms with Crippen molar-refractivity contribution in [1.29, 1.82) is 0 Å². The van der Waals surface area contributed by atoms with Crippen LogP contribution in [-0.4, -0.2) is 24.2 Å². The molecule has 0 spiro atoms. The van der Waals surface area contributed by atoms with E-state index in [1.54, 1.807) is 11.8 Å². The second-order valence-electron chi connectivity index (χ2n) is 6.75. The third kappa shape index (κ3) is 10.0. The molecule has 0 atom stereocenters. The summed E-state index contributed by atoms with van der Waals surface area (Å²) in [5.41, 5.74) is -0.557. The number of hydrogen-bond acceptors (Lipinski definition) is 4. The fraction of sp³-hybridized carbons (Fsp3) is 0.619. The van der Waals surface area contributed by atoms with Gasteiger partial charge in [-0.1, -0.05) is 60.0 Å². The summed E-state index contributed by atoms with van der Waals surface area (Å²) in [6.45, 7) is 20.1. The summed E-state index contributed by atoms with van der Waals surface area (Å²) in [6.07, 6.45) is 6.34. The van der Waals surface area contributed by atoms with Crippen LogP contribution in [0, 0.1) is 0 Å². The molecule has 2 nitrogen and oxygen atoms in total. The molecule has 0 fully saturated rings. The molecule has 1 N–H and O–H groups in total. The van der Waals surface area contributed by atoms with Crippen molar-refractivity contribution in [3.63, 3.8) is 0 Å². The molecule has 148 valence electrons. The Morgan fingerprint density at radius 2 is 1.88 bits per heavy atom. The zero-order valence-electron chi connectivity index (χ0n) is 17.6. The van der Waals surface area contributed by atoms with Crippen molar-refractivity contribution in [3.8, 4) is 0 Å². The highest BCUT2D eigenvalue weighted by atomic mass is 32.2. The van der Waals surface area contributed by atoms with Crippen LogP contribution in [0.1, 0.15) is 70.1 Å². The molecule has 1 rings (SSSR count). The Labute approximate surface area is 170 Å². The van der Waals surface area contributed by atoms with Crippen LogP contribution in [0.2, 0.25) is 6.82 Å². The van der Waals surface area contributed by atoms with E-state index in [-0.39, 0.29) is 13.5 Å². The van der Waals surface area contributed by atoms with E-state index in [4.69, 9.17) is 4.65 Å². The fourth-order valence-corrected chi connectivity index (χ4v) is 4.13. The van der Waals surface area contributed by atoms with Gasteiger partial charge in [0.2, 0.25) is 0 Å². The average Bonchev–Trinajstić information content (AvgIpc) is 3.09. The number of hydrogen-bond donors (Lipinski definition) is 1. The molecule has 0 radical (unpaired) electrons. The Balaban J connectivity index is 0.00000301. The largest absolute Gasteiger partial charge is 0.423 e. The van der Waals surface area contributed by atoms with Gasteiger partial charge in [-0.25, -0.2) is 0 Å². The first-order chi connectivity index (χ1) is 12.3. The van der Waals surface area contributed by atoms with Gasteiger partial charge in [0.1, 0.15) is 0 Å². The first-order valence-electron chi connectivity index (χ1n) is 9.72. The predicted octanol–water partition coefficient (Wildman–Crippen LogP) is 7.06. The van der Waals surface area contributed by atoms with Crippen molar-refractivity contribution in [1.82, 2.24) is 0 Å². The fourth-order valence-electron chi connectivity index (χ4n) is 2.26. The lowest BCUT2D eigenvalue weighted by Crippen LogP contribution is -2.35. The molecule has 0 saturated carbocycles. The number of unbranched alkanes of at least 4 members (excludes halogenated alkanes) is 3. The Bertz CT molecular complexity index is 538. The SMILES string of the molecule is C=C(SC(=C)c1ccc(CCCCCC)s1)B(C)OC(C)(C)CO.CC. The number of aliphatic hydroxyl groups is 1. The molecule has 1 aromatic heterocycles. The number of aryl methyl sites for hydroxylation is 1. The summed E-state index contributed by atoms with van der Waals surface area (Å²) in [5, 5.41) is 9.31. The van der Waals surface area contributed by atoms with Crippen LogP contribution in [-0.2, 0) is 11.1 Å². The Kier molecular flexibility index (Phi) is 13.4. The van der Waals surface area contributed by atoms with Gasteiger partial charge in [0.05, 0.1) is 12.2 Å². The lowest BCUT2D eigenvalue weighted by molar-refractivity contribution is 0.0412. The molecule has 0 aromatic carbocycles. The first kappa shape index (κ1) is 25.5. The van der Waals surface area contributed by atoms with Crippen molar-refractivity contribution in [2.45, 2.75) is 79.1 Å². The van der Waals surface area contributed by atoms with Gasteiger partial charge in [-0.3, -0.25) is 0 Å². The monoisotopic (exact) mass is 396 g/mol. The highest BCUT2D eigenvalue weighted by Crippen LogP contribution is 2.37. The molecule has 0 saturated heterocycles. The van der Waals surface area contributed by atoms with Crippen LogP contribution >= 0.6 is 23.1 Å². The van der Waals surface area contributed by atoms with E-state index in [1.165, 1.54) is 35.4 Å². The van der Waals surface area contributed by atoms with Crippen LogP contribution in [0.25, 0.3) is 4.91 Å². The van der Waals surface area contributed by atoms with Crippen LogP contribution in [0.3, 0.4) is 0 Å². The molecule has 26 heavy (non-hydrogen) atoms. The standard InChI is InChI=1S/C19H31BO2S2.C2H6/c1-7-8-9-10-11-17-12-13-18(24-17)15(2)23-16(3)20(6)22-19(4,5)14-21;1-2/h12-13,21H,2-3,7-11,14H2,1,4-6H3;1-2H3. The van der Waals surface area contributed by atoms with Gasteiger partial charge in [-0.05, 0) is 43.6 Å². The van der Waals surface area contributed by atoms with Crippen LogP contribution < -0.4 is 0 Å². The second-order valence-corrected chi connectivity index (χ2v) is 9.14. The highest BCUT2D eigenvalue weighted by molar-refractivity contribution is 8.13. The van der Waals surface area contributed by atoms with E-state index in [1.807, 2.05) is 45.9 Å². The molecule has 5 heteroatoms. The molecule has 1 aromatic rings.